The molecule has 3 nitrogen and oxygen atoms in total. The Labute approximate surface area is 86.6 Å². The van der Waals surface area contributed by atoms with Crippen LogP contribution in [0.5, 0.6) is 0 Å². The van der Waals surface area contributed by atoms with E-state index in [0.717, 1.165) is 22.1 Å². The first kappa shape index (κ1) is 9.02. The lowest BCUT2D eigenvalue weighted by Crippen LogP contribution is -1.93. The van der Waals surface area contributed by atoms with Crippen molar-refractivity contribution < 1.29 is 0 Å². The van der Waals surface area contributed by atoms with Gasteiger partial charge < -0.3 is 11.1 Å². The second-order valence-corrected chi connectivity index (χ2v) is 3.93. The van der Waals surface area contributed by atoms with E-state index in [1.54, 1.807) is 17.5 Å². The Balaban J connectivity index is 2.22. The van der Waals surface area contributed by atoms with Crippen LogP contribution >= 0.6 is 11.3 Å². The number of anilines is 3. The molecule has 0 spiro atoms. The second kappa shape index (κ2) is 3.67. The molecule has 0 aliphatic rings. The fourth-order valence-corrected chi connectivity index (χ4v) is 1.68. The summed E-state index contributed by atoms with van der Waals surface area (Å²) < 4.78 is 0. The van der Waals surface area contributed by atoms with Crippen LogP contribution in [0.25, 0.3) is 0 Å². The zero-order chi connectivity index (χ0) is 9.97. The first-order valence-electron chi connectivity index (χ1n) is 4.28. The standard InChI is InChI=1S/C10H11N3S/c1-7-2-3-8(6-9(7)11)13-10-12-4-5-14-10/h2-6H,11H2,1H3,(H,12,13). The number of aromatic nitrogens is 1. The summed E-state index contributed by atoms with van der Waals surface area (Å²) in [5.41, 5.74) is 8.66. The molecule has 0 saturated carbocycles. The Morgan fingerprint density at radius 1 is 1.43 bits per heavy atom. The van der Waals surface area contributed by atoms with Gasteiger partial charge in [0.15, 0.2) is 5.13 Å². The molecule has 14 heavy (non-hydrogen) atoms. The number of nitrogens with one attached hydrogen (secondary N) is 1. The minimum absolute atomic E-state index is 0.798. The number of nitrogens with zero attached hydrogens (tertiary/aromatic N) is 1. The molecule has 1 aromatic heterocycles. The van der Waals surface area contributed by atoms with E-state index in [0.29, 0.717) is 0 Å². The summed E-state index contributed by atoms with van der Waals surface area (Å²) in [5.74, 6) is 0. The maximum Gasteiger partial charge on any atom is 0.187 e. The van der Waals surface area contributed by atoms with Gasteiger partial charge in [-0.05, 0) is 24.6 Å². The van der Waals surface area contributed by atoms with E-state index in [2.05, 4.69) is 10.3 Å². The highest BCUT2D eigenvalue weighted by Gasteiger charge is 1.98. The van der Waals surface area contributed by atoms with Crippen LogP contribution in [0.15, 0.2) is 29.8 Å². The summed E-state index contributed by atoms with van der Waals surface area (Å²) in [4.78, 5) is 4.13. The van der Waals surface area contributed by atoms with E-state index in [9.17, 15) is 0 Å². The number of rotatable bonds is 2. The van der Waals surface area contributed by atoms with Crippen molar-refractivity contribution in [2.45, 2.75) is 6.92 Å². The van der Waals surface area contributed by atoms with Crippen molar-refractivity contribution >= 4 is 27.8 Å². The summed E-state index contributed by atoms with van der Waals surface area (Å²) in [6, 6.07) is 5.90. The van der Waals surface area contributed by atoms with Gasteiger partial charge >= 0.3 is 0 Å². The monoisotopic (exact) mass is 205 g/mol. The van der Waals surface area contributed by atoms with Gasteiger partial charge in [0, 0.05) is 23.0 Å². The maximum absolute atomic E-state index is 5.79. The lowest BCUT2D eigenvalue weighted by atomic mass is 10.2. The maximum atomic E-state index is 5.79. The van der Waals surface area contributed by atoms with Crippen LogP contribution in [0.1, 0.15) is 5.56 Å². The second-order valence-electron chi connectivity index (χ2n) is 3.03. The molecule has 2 rings (SSSR count). The van der Waals surface area contributed by atoms with Crippen LogP contribution in [-0.4, -0.2) is 4.98 Å². The lowest BCUT2D eigenvalue weighted by molar-refractivity contribution is 1.38. The molecule has 1 aromatic carbocycles. The van der Waals surface area contributed by atoms with Gasteiger partial charge in [0.25, 0.3) is 0 Å². The van der Waals surface area contributed by atoms with Gasteiger partial charge in [0.05, 0.1) is 0 Å². The minimum Gasteiger partial charge on any atom is -0.398 e. The normalized spacial score (nSPS) is 10.1. The highest BCUT2D eigenvalue weighted by molar-refractivity contribution is 7.13. The van der Waals surface area contributed by atoms with Crippen LogP contribution in [0.2, 0.25) is 0 Å². The van der Waals surface area contributed by atoms with E-state index < -0.39 is 0 Å². The largest absolute Gasteiger partial charge is 0.398 e. The smallest absolute Gasteiger partial charge is 0.187 e. The average molecular weight is 205 g/mol. The van der Waals surface area contributed by atoms with Crippen molar-refractivity contribution in [3.63, 3.8) is 0 Å². The van der Waals surface area contributed by atoms with Crippen molar-refractivity contribution in [2.75, 3.05) is 11.1 Å². The number of nitrogen functional groups attached to an aromatic ring is 1. The lowest BCUT2D eigenvalue weighted by Gasteiger charge is -2.05. The molecule has 0 saturated heterocycles. The van der Waals surface area contributed by atoms with Crippen molar-refractivity contribution in [2.24, 2.45) is 0 Å². The molecule has 0 atom stereocenters. The van der Waals surface area contributed by atoms with E-state index in [1.165, 1.54) is 0 Å². The van der Waals surface area contributed by atoms with Gasteiger partial charge in [-0.1, -0.05) is 6.07 Å². The Bertz CT molecular complexity index is 423. The van der Waals surface area contributed by atoms with Crippen LogP contribution in [0.4, 0.5) is 16.5 Å². The van der Waals surface area contributed by atoms with Crippen molar-refractivity contribution in [3.8, 4) is 0 Å². The summed E-state index contributed by atoms with van der Waals surface area (Å²) in [6.07, 6.45) is 1.77. The summed E-state index contributed by atoms with van der Waals surface area (Å²) in [5, 5.41) is 5.99. The van der Waals surface area contributed by atoms with E-state index in [4.69, 9.17) is 5.73 Å². The molecular weight excluding hydrogens is 194 g/mol. The summed E-state index contributed by atoms with van der Waals surface area (Å²) >= 11 is 1.56. The van der Waals surface area contributed by atoms with Crippen molar-refractivity contribution in [1.29, 1.82) is 0 Å². The quantitative estimate of drug-likeness (QED) is 0.741. The first-order chi connectivity index (χ1) is 6.75. The number of nitrogens with two attached hydrogens (primary N) is 1. The van der Waals surface area contributed by atoms with Crippen LogP contribution < -0.4 is 11.1 Å². The average Bonchev–Trinajstić information content (AvgIpc) is 2.64. The molecule has 0 aliphatic heterocycles. The third kappa shape index (κ3) is 1.85. The van der Waals surface area contributed by atoms with Gasteiger partial charge in [-0.3, -0.25) is 0 Å². The minimum atomic E-state index is 0.798. The van der Waals surface area contributed by atoms with Crippen molar-refractivity contribution in [1.82, 2.24) is 4.98 Å². The molecule has 3 N–H and O–H groups in total. The Morgan fingerprint density at radius 3 is 2.93 bits per heavy atom. The fourth-order valence-electron chi connectivity index (χ4n) is 1.13. The molecule has 4 heteroatoms. The van der Waals surface area contributed by atoms with Gasteiger partial charge in [0.1, 0.15) is 0 Å². The molecule has 0 bridgehead atoms. The predicted octanol–water partition coefficient (Wildman–Crippen LogP) is 2.78. The Kier molecular flexibility index (Phi) is 2.37. The summed E-state index contributed by atoms with van der Waals surface area (Å²) in [7, 11) is 0. The molecule has 72 valence electrons. The first-order valence-corrected chi connectivity index (χ1v) is 5.16. The number of hydrogen-bond donors (Lipinski definition) is 2. The van der Waals surface area contributed by atoms with Gasteiger partial charge in [-0.15, -0.1) is 11.3 Å². The molecule has 1 heterocycles. The Hall–Kier alpha value is -1.55. The topological polar surface area (TPSA) is 50.9 Å². The molecule has 0 unspecified atom stereocenters. The zero-order valence-electron chi connectivity index (χ0n) is 7.82. The highest BCUT2D eigenvalue weighted by Crippen LogP contribution is 2.22. The highest BCUT2D eigenvalue weighted by atomic mass is 32.1. The number of aryl methyl sites for hydroxylation is 1. The van der Waals surface area contributed by atoms with Crippen LogP contribution in [0.3, 0.4) is 0 Å². The molecule has 0 fully saturated rings. The predicted molar refractivity (Wildman–Crippen MR) is 61.0 cm³/mol. The Morgan fingerprint density at radius 2 is 2.29 bits per heavy atom. The molecule has 0 radical (unpaired) electrons. The van der Waals surface area contributed by atoms with Gasteiger partial charge in [-0.25, -0.2) is 4.98 Å². The van der Waals surface area contributed by atoms with Crippen LogP contribution in [-0.2, 0) is 0 Å². The molecule has 2 aromatic rings. The third-order valence-corrected chi connectivity index (χ3v) is 2.65. The van der Waals surface area contributed by atoms with E-state index >= 15 is 0 Å². The van der Waals surface area contributed by atoms with Crippen LogP contribution in [0, 0.1) is 6.92 Å². The number of hydrogen-bond acceptors (Lipinski definition) is 4. The molecule has 0 aliphatic carbocycles. The zero-order valence-corrected chi connectivity index (χ0v) is 8.64. The number of thiazole rings is 1. The molecule has 0 amide bonds. The number of benzene rings is 1. The molecular formula is C10H11N3S. The van der Waals surface area contributed by atoms with Gasteiger partial charge in [0.2, 0.25) is 0 Å². The fraction of sp³-hybridized carbons (Fsp3) is 0.100. The van der Waals surface area contributed by atoms with Crippen molar-refractivity contribution in [3.05, 3.63) is 35.3 Å². The third-order valence-electron chi connectivity index (χ3n) is 1.96. The SMILES string of the molecule is Cc1ccc(Nc2nccs2)cc1N. The van der Waals surface area contributed by atoms with Gasteiger partial charge in [-0.2, -0.15) is 0 Å². The summed E-state index contributed by atoms with van der Waals surface area (Å²) in [6.45, 7) is 1.99. The van der Waals surface area contributed by atoms with E-state index in [-0.39, 0.29) is 0 Å². The van der Waals surface area contributed by atoms with E-state index in [1.807, 2.05) is 30.5 Å².